The van der Waals surface area contributed by atoms with Crippen molar-refractivity contribution in [3.63, 3.8) is 0 Å². The quantitative estimate of drug-likeness (QED) is 0.848. The summed E-state index contributed by atoms with van der Waals surface area (Å²) in [6, 6.07) is 8.25. The Hall–Kier alpha value is -1.35. The number of hydrogen-bond donors (Lipinski definition) is 1. The molecular formula is C15H20N2O. The molecule has 0 aliphatic carbocycles. The fourth-order valence-corrected chi connectivity index (χ4v) is 3.17. The van der Waals surface area contributed by atoms with Gasteiger partial charge >= 0.3 is 0 Å². The lowest BCUT2D eigenvalue weighted by atomic mass is 10.0. The van der Waals surface area contributed by atoms with Crippen molar-refractivity contribution in [1.29, 1.82) is 0 Å². The van der Waals surface area contributed by atoms with Crippen LogP contribution < -0.4 is 5.32 Å². The van der Waals surface area contributed by atoms with Gasteiger partial charge in [0, 0.05) is 26.2 Å². The summed E-state index contributed by atoms with van der Waals surface area (Å²) >= 11 is 0. The highest BCUT2D eigenvalue weighted by atomic mass is 16.2. The number of rotatable bonds is 2. The fraction of sp³-hybridized carbons (Fsp3) is 0.533. The molecule has 2 fully saturated rings. The zero-order valence-corrected chi connectivity index (χ0v) is 10.9. The largest absolute Gasteiger partial charge is 0.342 e. The summed E-state index contributed by atoms with van der Waals surface area (Å²) in [6.45, 7) is 6.13. The highest BCUT2D eigenvalue weighted by Gasteiger charge is 2.37. The summed E-state index contributed by atoms with van der Waals surface area (Å²) in [5.74, 6) is 1.66. The molecule has 96 valence electrons. The maximum absolute atomic E-state index is 12.3. The molecular weight excluding hydrogens is 224 g/mol. The summed E-state index contributed by atoms with van der Waals surface area (Å²) in [5, 5.41) is 3.40. The molecule has 2 saturated heterocycles. The van der Waals surface area contributed by atoms with Crippen molar-refractivity contribution < 1.29 is 4.79 Å². The van der Waals surface area contributed by atoms with Crippen LogP contribution in [-0.4, -0.2) is 37.0 Å². The first-order chi connectivity index (χ1) is 8.72. The van der Waals surface area contributed by atoms with Crippen LogP contribution in [0.15, 0.2) is 24.3 Å². The highest BCUT2D eigenvalue weighted by Crippen LogP contribution is 2.26. The minimum Gasteiger partial charge on any atom is -0.342 e. The first-order valence-electron chi connectivity index (χ1n) is 6.76. The van der Waals surface area contributed by atoms with E-state index in [0.29, 0.717) is 18.3 Å². The average molecular weight is 244 g/mol. The van der Waals surface area contributed by atoms with Crippen LogP contribution in [0.25, 0.3) is 0 Å². The van der Waals surface area contributed by atoms with Crippen LogP contribution in [0.1, 0.15) is 11.1 Å². The Balaban J connectivity index is 1.62. The first kappa shape index (κ1) is 11.7. The molecule has 3 nitrogen and oxygen atoms in total. The van der Waals surface area contributed by atoms with Gasteiger partial charge in [-0.1, -0.05) is 29.8 Å². The molecule has 0 saturated carbocycles. The van der Waals surface area contributed by atoms with Gasteiger partial charge in [0.25, 0.3) is 0 Å². The van der Waals surface area contributed by atoms with Gasteiger partial charge in [0.1, 0.15) is 0 Å². The lowest BCUT2D eigenvalue weighted by molar-refractivity contribution is -0.129. The molecule has 1 aromatic rings. The lowest BCUT2D eigenvalue weighted by Crippen LogP contribution is -2.32. The topological polar surface area (TPSA) is 32.3 Å². The molecule has 0 spiro atoms. The number of carbonyl (C=O) groups excluding carboxylic acids is 1. The lowest BCUT2D eigenvalue weighted by Gasteiger charge is -2.17. The Bertz CT molecular complexity index is 446. The van der Waals surface area contributed by atoms with Gasteiger partial charge in [0.05, 0.1) is 6.42 Å². The molecule has 3 heteroatoms. The molecule has 1 aromatic carbocycles. The summed E-state index contributed by atoms with van der Waals surface area (Å²) in [4.78, 5) is 14.3. The monoisotopic (exact) mass is 244 g/mol. The molecule has 1 N–H and O–H groups in total. The highest BCUT2D eigenvalue weighted by molar-refractivity contribution is 5.79. The molecule has 1 amide bonds. The van der Waals surface area contributed by atoms with E-state index in [0.717, 1.165) is 31.7 Å². The van der Waals surface area contributed by atoms with Crippen LogP contribution in [-0.2, 0) is 11.2 Å². The van der Waals surface area contributed by atoms with Crippen LogP contribution in [0.4, 0.5) is 0 Å². The molecule has 2 heterocycles. The van der Waals surface area contributed by atoms with Crippen LogP contribution in [0.2, 0.25) is 0 Å². The van der Waals surface area contributed by atoms with Crippen LogP contribution >= 0.6 is 0 Å². The number of aryl methyl sites for hydroxylation is 1. The number of likely N-dealkylation sites (tertiary alicyclic amines) is 1. The number of carbonyl (C=O) groups is 1. The Morgan fingerprint density at radius 3 is 2.72 bits per heavy atom. The molecule has 0 bridgehead atoms. The normalized spacial score (nSPS) is 26.4. The second-order valence-electron chi connectivity index (χ2n) is 5.64. The van der Waals surface area contributed by atoms with Crippen molar-refractivity contribution in [2.24, 2.45) is 11.8 Å². The van der Waals surface area contributed by atoms with Crippen LogP contribution in [0.5, 0.6) is 0 Å². The maximum Gasteiger partial charge on any atom is 0.227 e. The smallest absolute Gasteiger partial charge is 0.227 e. The summed E-state index contributed by atoms with van der Waals surface area (Å²) in [6.07, 6.45) is 0.550. The molecule has 2 aliphatic heterocycles. The number of nitrogens with one attached hydrogen (secondary N) is 1. The van der Waals surface area contributed by atoms with E-state index in [1.165, 1.54) is 5.56 Å². The molecule has 18 heavy (non-hydrogen) atoms. The predicted molar refractivity (Wildman–Crippen MR) is 71.3 cm³/mol. The van der Waals surface area contributed by atoms with Crippen molar-refractivity contribution in [2.45, 2.75) is 13.3 Å². The Morgan fingerprint density at radius 1 is 1.33 bits per heavy atom. The van der Waals surface area contributed by atoms with E-state index >= 15 is 0 Å². The van der Waals surface area contributed by atoms with Gasteiger partial charge in [-0.2, -0.15) is 0 Å². The van der Waals surface area contributed by atoms with Gasteiger partial charge in [-0.3, -0.25) is 4.79 Å². The van der Waals surface area contributed by atoms with Gasteiger partial charge in [0.2, 0.25) is 5.91 Å². The number of fused-ring (bicyclic) bond motifs is 1. The van der Waals surface area contributed by atoms with Crippen LogP contribution in [0.3, 0.4) is 0 Å². The summed E-state index contributed by atoms with van der Waals surface area (Å²) in [7, 11) is 0. The Kier molecular flexibility index (Phi) is 3.08. The first-order valence-corrected chi connectivity index (χ1v) is 6.76. The van der Waals surface area contributed by atoms with E-state index in [1.807, 2.05) is 12.1 Å². The van der Waals surface area contributed by atoms with Crippen molar-refractivity contribution in [1.82, 2.24) is 10.2 Å². The number of hydrogen-bond acceptors (Lipinski definition) is 2. The molecule has 0 unspecified atom stereocenters. The van der Waals surface area contributed by atoms with Crippen molar-refractivity contribution >= 4 is 5.91 Å². The molecule has 0 radical (unpaired) electrons. The van der Waals surface area contributed by atoms with Gasteiger partial charge in [-0.25, -0.2) is 0 Å². The number of amides is 1. The zero-order chi connectivity index (χ0) is 12.5. The second-order valence-corrected chi connectivity index (χ2v) is 5.64. The molecule has 0 aromatic heterocycles. The van der Waals surface area contributed by atoms with Crippen LogP contribution in [0, 0.1) is 18.8 Å². The van der Waals surface area contributed by atoms with Crippen molar-refractivity contribution in [2.75, 3.05) is 26.2 Å². The van der Waals surface area contributed by atoms with Gasteiger partial charge < -0.3 is 10.2 Å². The Morgan fingerprint density at radius 2 is 2.06 bits per heavy atom. The van der Waals surface area contributed by atoms with Crippen molar-refractivity contribution in [3.05, 3.63) is 35.4 Å². The molecule has 2 atom stereocenters. The van der Waals surface area contributed by atoms with E-state index in [-0.39, 0.29) is 5.91 Å². The minimum absolute atomic E-state index is 0.287. The third-order valence-electron chi connectivity index (χ3n) is 4.18. The maximum atomic E-state index is 12.3. The minimum atomic E-state index is 0.287. The Labute approximate surface area is 108 Å². The predicted octanol–water partition coefficient (Wildman–Crippen LogP) is 1.22. The standard InChI is InChI=1S/C15H20N2O/c1-11-3-2-4-12(5-11)6-15(18)17-9-13-7-16-8-14(13)10-17/h2-5,13-14,16H,6-10H2,1H3/t13-,14+. The summed E-state index contributed by atoms with van der Waals surface area (Å²) < 4.78 is 0. The SMILES string of the molecule is Cc1cccc(CC(=O)N2C[C@H]3CNC[C@H]3C2)c1. The molecule has 2 aliphatic rings. The zero-order valence-electron chi connectivity index (χ0n) is 10.9. The molecule has 3 rings (SSSR count). The van der Waals surface area contributed by atoms with Gasteiger partial charge in [-0.15, -0.1) is 0 Å². The second kappa shape index (κ2) is 4.73. The number of benzene rings is 1. The summed E-state index contributed by atoms with van der Waals surface area (Å²) in [5.41, 5.74) is 2.36. The van der Waals surface area contributed by atoms with E-state index in [4.69, 9.17) is 0 Å². The fourth-order valence-electron chi connectivity index (χ4n) is 3.17. The van der Waals surface area contributed by atoms with E-state index < -0.39 is 0 Å². The van der Waals surface area contributed by atoms with E-state index in [9.17, 15) is 4.79 Å². The van der Waals surface area contributed by atoms with Crippen molar-refractivity contribution in [3.8, 4) is 0 Å². The van der Waals surface area contributed by atoms with Gasteiger partial charge in [0.15, 0.2) is 0 Å². The third kappa shape index (κ3) is 2.27. The van der Waals surface area contributed by atoms with E-state index in [1.54, 1.807) is 0 Å². The van der Waals surface area contributed by atoms with E-state index in [2.05, 4.69) is 29.3 Å². The third-order valence-corrected chi connectivity index (χ3v) is 4.18. The number of nitrogens with zero attached hydrogens (tertiary/aromatic N) is 1. The average Bonchev–Trinajstić information content (AvgIpc) is 2.88. The van der Waals surface area contributed by atoms with Gasteiger partial charge in [-0.05, 0) is 24.3 Å².